The van der Waals surface area contributed by atoms with Gasteiger partial charge in [0.05, 0.1) is 11.4 Å². The molecule has 0 unspecified atom stereocenters. The van der Waals surface area contributed by atoms with Crippen molar-refractivity contribution in [3.63, 3.8) is 0 Å². The van der Waals surface area contributed by atoms with Crippen LogP contribution in [-0.2, 0) is 5.54 Å². The van der Waals surface area contributed by atoms with Gasteiger partial charge in [0.15, 0.2) is 4.77 Å². The van der Waals surface area contributed by atoms with E-state index < -0.39 is 0 Å². The van der Waals surface area contributed by atoms with Crippen LogP contribution in [0.2, 0.25) is 0 Å². The fourth-order valence-electron chi connectivity index (χ4n) is 2.00. The second-order valence-corrected chi connectivity index (χ2v) is 7.11. The molecule has 0 atom stereocenters. The fourth-order valence-corrected chi connectivity index (χ4v) is 2.50. The zero-order valence-electron chi connectivity index (χ0n) is 13.2. The molecule has 0 radical (unpaired) electrons. The Morgan fingerprint density at radius 3 is 2.20 bits per heavy atom. The minimum absolute atomic E-state index is 0.117. The molecule has 0 aliphatic carbocycles. The van der Waals surface area contributed by atoms with Gasteiger partial charge in [-0.3, -0.25) is 9.98 Å². The number of aromatic nitrogens is 2. The fraction of sp³-hybridized carbons (Fsp3) is 0.533. The van der Waals surface area contributed by atoms with Crippen LogP contribution in [0.3, 0.4) is 0 Å². The summed E-state index contributed by atoms with van der Waals surface area (Å²) in [6.45, 7) is 16.4. The highest BCUT2D eigenvalue weighted by Crippen LogP contribution is 2.25. The average molecular weight is 292 g/mol. The maximum Gasteiger partial charge on any atom is 0.185 e. The third-order valence-electron chi connectivity index (χ3n) is 2.98. The van der Waals surface area contributed by atoms with Crippen molar-refractivity contribution in [2.75, 3.05) is 0 Å². The molecule has 1 N–H and O–H groups in total. The van der Waals surface area contributed by atoms with E-state index in [0.29, 0.717) is 4.77 Å². The third kappa shape index (κ3) is 3.15. The lowest BCUT2D eigenvalue weighted by atomic mass is 9.88. The first-order chi connectivity index (χ1) is 9.04. The van der Waals surface area contributed by atoms with Crippen LogP contribution in [0.15, 0.2) is 17.8 Å². The van der Waals surface area contributed by atoms with Gasteiger partial charge in [0.2, 0.25) is 0 Å². The topological polar surface area (TPSA) is 46.1 Å². The average Bonchev–Trinajstić information content (AvgIpc) is 2.60. The maximum absolute atomic E-state index is 7.29. The van der Waals surface area contributed by atoms with Crippen molar-refractivity contribution in [3.8, 4) is 0 Å². The molecule has 110 valence electrons. The highest BCUT2D eigenvalue weighted by atomic mass is 32.1. The van der Waals surface area contributed by atoms with Crippen molar-refractivity contribution in [3.05, 3.63) is 23.2 Å². The van der Waals surface area contributed by atoms with Crippen LogP contribution in [0.5, 0.6) is 0 Å². The zero-order valence-corrected chi connectivity index (χ0v) is 14.0. The molecular weight excluding hydrogens is 268 g/mol. The number of nitrogens with zero attached hydrogens (tertiary/aromatic N) is 3. The van der Waals surface area contributed by atoms with Crippen molar-refractivity contribution in [1.29, 1.82) is 5.41 Å². The maximum atomic E-state index is 7.29. The molecule has 0 saturated carbocycles. The lowest BCUT2D eigenvalue weighted by molar-refractivity contribution is 0.390. The molecule has 0 aliphatic heterocycles. The predicted octanol–water partition coefficient (Wildman–Crippen LogP) is 4.32. The molecule has 0 fully saturated rings. The zero-order chi connectivity index (χ0) is 15.7. The second kappa shape index (κ2) is 5.48. The molecule has 0 aromatic carbocycles. The van der Waals surface area contributed by atoms with Crippen molar-refractivity contribution in [2.24, 2.45) is 10.4 Å². The lowest BCUT2D eigenvalue weighted by Crippen LogP contribution is -2.24. The van der Waals surface area contributed by atoms with E-state index in [1.54, 1.807) is 6.20 Å². The Balaban J connectivity index is 3.69. The minimum atomic E-state index is -0.186. The highest BCUT2D eigenvalue weighted by Gasteiger charge is 2.26. The molecular formula is C15H24N4S. The van der Waals surface area contributed by atoms with E-state index in [0.717, 1.165) is 17.7 Å². The van der Waals surface area contributed by atoms with E-state index in [2.05, 4.69) is 53.1 Å². The van der Waals surface area contributed by atoms with E-state index in [-0.39, 0.29) is 11.0 Å². The minimum Gasteiger partial charge on any atom is -0.318 e. The van der Waals surface area contributed by atoms with Gasteiger partial charge in [-0.25, -0.2) is 4.99 Å². The molecule has 1 aromatic rings. The lowest BCUT2D eigenvalue weighted by Gasteiger charge is -2.21. The van der Waals surface area contributed by atoms with Gasteiger partial charge in [0.25, 0.3) is 0 Å². The molecule has 0 bridgehead atoms. The van der Waals surface area contributed by atoms with E-state index in [9.17, 15) is 0 Å². The number of rotatable bonds is 3. The first-order valence-electron chi connectivity index (χ1n) is 6.58. The summed E-state index contributed by atoms with van der Waals surface area (Å²) in [4.78, 5) is 4.24. The SMILES string of the molecule is C=Cn1c(C(=NC=N)C(C)(C)C)cn(C(C)(C)C)c1=S. The molecule has 0 saturated heterocycles. The normalized spacial score (nSPS) is 13.4. The molecule has 20 heavy (non-hydrogen) atoms. The largest absolute Gasteiger partial charge is 0.318 e. The molecule has 1 aromatic heterocycles. The van der Waals surface area contributed by atoms with Crippen LogP contribution in [0.25, 0.3) is 6.20 Å². The Hall–Kier alpha value is -1.49. The summed E-state index contributed by atoms with van der Waals surface area (Å²) < 4.78 is 4.57. The van der Waals surface area contributed by atoms with Crippen molar-refractivity contribution < 1.29 is 0 Å². The summed E-state index contributed by atoms with van der Waals surface area (Å²) in [6, 6.07) is 0. The van der Waals surface area contributed by atoms with Gasteiger partial charge < -0.3 is 4.57 Å². The summed E-state index contributed by atoms with van der Waals surface area (Å²) in [7, 11) is 0. The van der Waals surface area contributed by atoms with Crippen LogP contribution in [0.4, 0.5) is 0 Å². The molecule has 5 heteroatoms. The van der Waals surface area contributed by atoms with Gasteiger partial charge in [-0.1, -0.05) is 27.4 Å². The van der Waals surface area contributed by atoms with Crippen LogP contribution < -0.4 is 0 Å². The van der Waals surface area contributed by atoms with Crippen molar-refractivity contribution in [1.82, 2.24) is 9.13 Å². The van der Waals surface area contributed by atoms with Gasteiger partial charge >= 0.3 is 0 Å². The first-order valence-corrected chi connectivity index (χ1v) is 6.99. The number of imidazole rings is 1. The van der Waals surface area contributed by atoms with Crippen LogP contribution >= 0.6 is 12.2 Å². The molecule has 0 amide bonds. The summed E-state index contributed by atoms with van der Waals surface area (Å²) in [5, 5.41) is 7.29. The molecule has 0 aliphatic rings. The predicted molar refractivity (Wildman–Crippen MR) is 89.4 cm³/mol. The Kier molecular flexibility index (Phi) is 4.54. The molecule has 4 nitrogen and oxygen atoms in total. The number of hydrogen-bond acceptors (Lipinski definition) is 2. The van der Waals surface area contributed by atoms with Crippen LogP contribution in [-0.4, -0.2) is 21.2 Å². The van der Waals surface area contributed by atoms with Gasteiger partial charge in [-0.15, -0.1) is 0 Å². The summed E-state index contributed by atoms with van der Waals surface area (Å²) in [6.07, 6.45) is 4.77. The molecule has 1 heterocycles. The highest BCUT2D eigenvalue weighted by molar-refractivity contribution is 7.71. The van der Waals surface area contributed by atoms with Crippen LogP contribution in [0, 0.1) is 15.6 Å². The second-order valence-electron chi connectivity index (χ2n) is 6.75. The molecule has 0 spiro atoms. The van der Waals surface area contributed by atoms with Crippen molar-refractivity contribution in [2.45, 2.75) is 47.1 Å². The van der Waals surface area contributed by atoms with Gasteiger partial charge in [0, 0.05) is 23.4 Å². The standard InChI is InChI=1S/C15H24N4S/c1-8-18-11(12(17-10-16)14(2,3)4)9-19(13(18)20)15(5,6)7/h8-10,16H,1H2,2-7H3. The van der Waals surface area contributed by atoms with Gasteiger partial charge in [-0.05, 0) is 33.0 Å². The van der Waals surface area contributed by atoms with E-state index in [1.165, 1.54) is 0 Å². The molecule has 1 rings (SSSR count). The Bertz CT molecular complexity index is 603. The monoisotopic (exact) mass is 292 g/mol. The van der Waals surface area contributed by atoms with Gasteiger partial charge in [-0.2, -0.15) is 0 Å². The van der Waals surface area contributed by atoms with E-state index in [1.807, 2.05) is 15.3 Å². The van der Waals surface area contributed by atoms with Gasteiger partial charge in [0.1, 0.15) is 6.34 Å². The van der Waals surface area contributed by atoms with Crippen LogP contribution in [0.1, 0.15) is 47.2 Å². The quantitative estimate of drug-likeness (QED) is 0.503. The summed E-state index contributed by atoms with van der Waals surface area (Å²) >= 11 is 5.53. The number of nitrogens with one attached hydrogen (secondary N) is 1. The Morgan fingerprint density at radius 2 is 1.85 bits per heavy atom. The summed E-state index contributed by atoms with van der Waals surface area (Å²) in [5.74, 6) is 0. The summed E-state index contributed by atoms with van der Waals surface area (Å²) in [5.41, 5.74) is 1.40. The third-order valence-corrected chi connectivity index (χ3v) is 3.37. The van der Waals surface area contributed by atoms with E-state index >= 15 is 0 Å². The van der Waals surface area contributed by atoms with Crippen molar-refractivity contribution >= 4 is 30.5 Å². The number of hydrogen-bond donors (Lipinski definition) is 1. The first kappa shape index (κ1) is 16.6. The number of aliphatic imine (C=N–C) groups is 1. The Morgan fingerprint density at radius 1 is 1.30 bits per heavy atom. The smallest absolute Gasteiger partial charge is 0.185 e. The Labute approximate surface area is 126 Å². The van der Waals surface area contributed by atoms with E-state index in [4.69, 9.17) is 17.6 Å².